The Labute approximate surface area is 186 Å². The Kier molecular flexibility index (Phi) is 9.98. The standard InChI is InChI=1S/C13H23FN4O3.C9H9FO/c1-17-10(2-3-11(17)13(16)21)4-5-18(12(20)6-14)7-9(15)8-19;10-8-4-3-7-2-1-5-11-9(7)6-8/h8-11H,2-7,15H2,1H3,(H2,16,21);3-4,6H,1-2,5H2/t9?,10-,11?;/m1./s1. The van der Waals surface area contributed by atoms with E-state index in [1.807, 2.05) is 11.9 Å². The van der Waals surface area contributed by atoms with E-state index in [0.717, 1.165) is 37.2 Å². The molecule has 32 heavy (non-hydrogen) atoms. The smallest absolute Gasteiger partial charge is 0.254 e. The largest absolute Gasteiger partial charge is 0.493 e. The van der Waals surface area contributed by atoms with Gasteiger partial charge >= 0.3 is 0 Å². The van der Waals surface area contributed by atoms with Gasteiger partial charge in [-0.25, -0.2) is 8.78 Å². The zero-order valence-electron chi connectivity index (χ0n) is 18.3. The van der Waals surface area contributed by atoms with E-state index in [2.05, 4.69) is 0 Å². The Hall–Kier alpha value is -2.59. The molecule has 178 valence electrons. The molecule has 0 aliphatic carbocycles. The highest BCUT2D eigenvalue weighted by Gasteiger charge is 2.34. The van der Waals surface area contributed by atoms with Crippen LogP contribution in [0.3, 0.4) is 0 Å². The number of fused-ring (bicyclic) bond motifs is 1. The SMILES string of the molecule is CN1C(C(N)=O)CC[C@@H]1CCN(CC(N)C=O)C(=O)CF.Fc1ccc2c(c1)OCCC2. The van der Waals surface area contributed by atoms with Crippen LogP contribution in [0.5, 0.6) is 5.75 Å². The summed E-state index contributed by atoms with van der Waals surface area (Å²) in [6.07, 6.45) is 4.64. The van der Waals surface area contributed by atoms with Crippen molar-refractivity contribution in [1.82, 2.24) is 9.80 Å². The normalized spacial score (nSPS) is 20.9. The van der Waals surface area contributed by atoms with Crippen LogP contribution in [0, 0.1) is 5.82 Å². The van der Waals surface area contributed by atoms with Crippen molar-refractivity contribution in [2.24, 2.45) is 11.5 Å². The lowest BCUT2D eigenvalue weighted by Crippen LogP contribution is -2.45. The molecule has 3 atom stereocenters. The van der Waals surface area contributed by atoms with Crippen LogP contribution in [0.25, 0.3) is 0 Å². The van der Waals surface area contributed by atoms with Gasteiger partial charge in [0.15, 0.2) is 6.67 Å². The van der Waals surface area contributed by atoms with Gasteiger partial charge in [0.25, 0.3) is 5.91 Å². The minimum Gasteiger partial charge on any atom is -0.493 e. The molecular weight excluding hydrogens is 422 g/mol. The summed E-state index contributed by atoms with van der Waals surface area (Å²) in [5, 5.41) is 0. The van der Waals surface area contributed by atoms with Crippen LogP contribution in [-0.2, 0) is 20.8 Å². The van der Waals surface area contributed by atoms with Gasteiger partial charge in [-0.05, 0) is 50.8 Å². The highest BCUT2D eigenvalue weighted by Crippen LogP contribution is 2.25. The van der Waals surface area contributed by atoms with Crippen LogP contribution >= 0.6 is 0 Å². The van der Waals surface area contributed by atoms with Crippen LogP contribution < -0.4 is 16.2 Å². The molecule has 0 aromatic heterocycles. The van der Waals surface area contributed by atoms with Crippen LogP contribution in [0.2, 0.25) is 0 Å². The molecule has 3 rings (SSSR count). The maximum Gasteiger partial charge on any atom is 0.254 e. The van der Waals surface area contributed by atoms with Gasteiger partial charge in [-0.1, -0.05) is 6.07 Å². The number of rotatable bonds is 8. The molecule has 2 unspecified atom stereocenters. The number of aldehydes is 1. The second kappa shape index (κ2) is 12.4. The van der Waals surface area contributed by atoms with E-state index in [-0.39, 0.29) is 30.4 Å². The van der Waals surface area contributed by atoms with Gasteiger partial charge in [0.2, 0.25) is 5.91 Å². The molecule has 2 amide bonds. The number of likely N-dealkylation sites (N-methyl/N-ethyl adjacent to an activating group) is 1. The molecule has 2 aliphatic heterocycles. The predicted octanol–water partition coefficient (Wildman–Crippen LogP) is 0.800. The van der Waals surface area contributed by atoms with E-state index in [0.29, 0.717) is 25.7 Å². The van der Waals surface area contributed by atoms with E-state index in [9.17, 15) is 23.2 Å². The molecule has 0 bridgehead atoms. The molecule has 1 saturated heterocycles. The van der Waals surface area contributed by atoms with Crippen molar-refractivity contribution >= 4 is 18.1 Å². The number of ether oxygens (including phenoxy) is 1. The number of carbonyl (C=O) groups is 3. The molecule has 4 N–H and O–H groups in total. The highest BCUT2D eigenvalue weighted by atomic mass is 19.1. The number of likely N-dealkylation sites (tertiary alicyclic amines) is 1. The molecule has 0 radical (unpaired) electrons. The van der Waals surface area contributed by atoms with Crippen LogP contribution in [-0.4, -0.2) is 79.4 Å². The second-order valence-electron chi connectivity index (χ2n) is 8.08. The number of nitrogens with zero attached hydrogens (tertiary/aromatic N) is 2. The first-order chi connectivity index (χ1) is 15.3. The van der Waals surface area contributed by atoms with Crippen molar-refractivity contribution in [1.29, 1.82) is 0 Å². The minimum atomic E-state index is -1.12. The van der Waals surface area contributed by atoms with Crippen molar-refractivity contribution in [3.8, 4) is 5.75 Å². The molecule has 2 aliphatic rings. The number of benzene rings is 1. The Morgan fingerprint density at radius 1 is 1.38 bits per heavy atom. The second-order valence-corrected chi connectivity index (χ2v) is 8.08. The number of amides is 2. The maximum absolute atomic E-state index is 12.6. The average molecular weight is 455 g/mol. The van der Waals surface area contributed by atoms with E-state index in [1.165, 1.54) is 17.0 Å². The van der Waals surface area contributed by atoms with E-state index in [4.69, 9.17) is 16.2 Å². The third-order valence-corrected chi connectivity index (χ3v) is 5.85. The fourth-order valence-electron chi connectivity index (χ4n) is 4.02. The first-order valence-electron chi connectivity index (χ1n) is 10.7. The van der Waals surface area contributed by atoms with E-state index in [1.54, 1.807) is 6.07 Å². The quantitative estimate of drug-likeness (QED) is 0.561. The fourth-order valence-corrected chi connectivity index (χ4v) is 4.02. The van der Waals surface area contributed by atoms with Crippen molar-refractivity contribution < 1.29 is 27.9 Å². The number of halogens is 2. The van der Waals surface area contributed by atoms with Crippen LogP contribution in [0.15, 0.2) is 18.2 Å². The summed E-state index contributed by atoms with van der Waals surface area (Å²) in [6, 6.07) is 3.72. The number of alkyl halides is 1. The van der Waals surface area contributed by atoms with Gasteiger partial charge in [0.05, 0.1) is 18.7 Å². The summed E-state index contributed by atoms with van der Waals surface area (Å²) in [6.45, 7) is -0.0981. The molecule has 0 saturated carbocycles. The Morgan fingerprint density at radius 3 is 2.75 bits per heavy atom. The molecule has 10 heteroatoms. The molecule has 0 spiro atoms. The van der Waals surface area contributed by atoms with Gasteiger partial charge in [-0.2, -0.15) is 0 Å². The van der Waals surface area contributed by atoms with Gasteiger partial charge in [0.1, 0.15) is 17.9 Å². The first-order valence-corrected chi connectivity index (χ1v) is 10.7. The van der Waals surface area contributed by atoms with Gasteiger partial charge in [-0.15, -0.1) is 0 Å². The number of aryl methyl sites for hydroxylation is 1. The number of nitrogens with two attached hydrogens (primary N) is 2. The Morgan fingerprint density at radius 2 is 2.12 bits per heavy atom. The first kappa shape index (κ1) is 25.7. The number of carbonyl (C=O) groups excluding carboxylic acids is 3. The molecule has 1 aromatic rings. The third-order valence-electron chi connectivity index (χ3n) is 5.85. The van der Waals surface area contributed by atoms with E-state index < -0.39 is 18.6 Å². The molecular formula is C22H32F2N4O4. The van der Waals surface area contributed by atoms with Crippen LogP contribution in [0.4, 0.5) is 8.78 Å². The van der Waals surface area contributed by atoms with Crippen molar-refractivity contribution in [3.63, 3.8) is 0 Å². The summed E-state index contributed by atoms with van der Waals surface area (Å²) >= 11 is 0. The van der Waals surface area contributed by atoms with Gasteiger partial charge in [-0.3, -0.25) is 14.5 Å². The van der Waals surface area contributed by atoms with Crippen molar-refractivity contribution in [3.05, 3.63) is 29.6 Å². The van der Waals surface area contributed by atoms with Gasteiger partial charge < -0.3 is 25.9 Å². The minimum absolute atomic E-state index is 0.00192. The van der Waals surface area contributed by atoms with E-state index >= 15 is 0 Å². The average Bonchev–Trinajstić information content (AvgIpc) is 3.16. The summed E-state index contributed by atoms with van der Waals surface area (Å²) in [5.41, 5.74) is 11.9. The number of hydrogen-bond acceptors (Lipinski definition) is 6. The number of hydrogen-bond donors (Lipinski definition) is 2. The summed E-state index contributed by atoms with van der Waals surface area (Å²) < 4.78 is 30.4. The zero-order valence-corrected chi connectivity index (χ0v) is 18.3. The lowest BCUT2D eigenvalue weighted by molar-refractivity contribution is -0.133. The maximum atomic E-state index is 12.6. The van der Waals surface area contributed by atoms with Crippen molar-refractivity contribution in [2.45, 2.75) is 50.2 Å². The summed E-state index contributed by atoms with van der Waals surface area (Å²) in [7, 11) is 1.81. The molecule has 8 nitrogen and oxygen atoms in total. The Balaban J connectivity index is 0.000000273. The highest BCUT2D eigenvalue weighted by molar-refractivity contribution is 5.80. The predicted molar refractivity (Wildman–Crippen MR) is 115 cm³/mol. The number of primary amides is 1. The fraction of sp³-hybridized carbons (Fsp3) is 0.591. The molecule has 1 aromatic carbocycles. The van der Waals surface area contributed by atoms with Gasteiger partial charge in [0, 0.05) is 25.2 Å². The zero-order chi connectivity index (χ0) is 23.7. The van der Waals surface area contributed by atoms with Crippen LogP contribution in [0.1, 0.15) is 31.2 Å². The topological polar surface area (TPSA) is 119 Å². The molecule has 1 fully saturated rings. The summed E-state index contributed by atoms with van der Waals surface area (Å²) in [4.78, 5) is 36.5. The van der Waals surface area contributed by atoms with Crippen molar-refractivity contribution in [2.75, 3.05) is 33.4 Å². The Bertz CT molecular complexity index is 795. The lowest BCUT2D eigenvalue weighted by atomic mass is 10.1. The third kappa shape index (κ3) is 7.23. The monoisotopic (exact) mass is 454 g/mol. The summed E-state index contributed by atoms with van der Waals surface area (Å²) in [5.74, 6) is -0.541. The molecule has 2 heterocycles. The lowest BCUT2D eigenvalue weighted by Gasteiger charge is -2.28.